The van der Waals surface area contributed by atoms with E-state index in [1.807, 2.05) is 6.34 Å². The lowest BCUT2D eigenvalue weighted by Gasteiger charge is -2.34. The molecule has 0 radical (unpaired) electrons. The molecule has 2 nitrogen and oxygen atoms in total. The molecule has 2 aliphatic rings. The Labute approximate surface area is 80.3 Å². The maximum Gasteiger partial charge on any atom is 0.133 e. The second-order valence-electron chi connectivity index (χ2n) is 4.49. The molecule has 1 saturated carbocycles. The van der Waals surface area contributed by atoms with Crippen LogP contribution in [0.25, 0.3) is 0 Å². The number of rotatable bonds is 3. The molecule has 0 aromatic heterocycles. The highest BCUT2D eigenvalue weighted by Crippen LogP contribution is 2.44. The van der Waals surface area contributed by atoms with Crippen molar-refractivity contribution >= 4 is 6.34 Å². The Hall–Kier alpha value is -0.790. The van der Waals surface area contributed by atoms with Gasteiger partial charge in [-0.2, -0.15) is 5.10 Å². The lowest BCUT2D eigenvalue weighted by molar-refractivity contribution is 0.269. The molecule has 13 heavy (non-hydrogen) atoms. The van der Waals surface area contributed by atoms with E-state index in [0.717, 1.165) is 0 Å². The largest absolute Gasteiger partial charge is 0.241 e. The minimum Gasteiger partial charge on any atom is -0.241 e. The Kier molecular flexibility index (Phi) is 1.94. The van der Waals surface area contributed by atoms with Crippen LogP contribution in [-0.2, 0) is 0 Å². The van der Waals surface area contributed by atoms with Crippen LogP contribution in [-0.4, -0.2) is 16.9 Å². The van der Waals surface area contributed by atoms with Crippen LogP contribution in [0.3, 0.4) is 0 Å². The van der Waals surface area contributed by atoms with E-state index in [1.165, 1.54) is 31.3 Å². The molecule has 0 amide bonds. The Morgan fingerprint density at radius 2 is 2.00 bits per heavy atom. The molecule has 0 aromatic carbocycles. The topological polar surface area (TPSA) is 15.4 Å². The van der Waals surface area contributed by atoms with Crippen molar-refractivity contribution in [1.29, 1.82) is 0 Å². The molecular weight excluding hydrogens is 160 g/mol. The van der Waals surface area contributed by atoms with Crippen molar-refractivity contribution in [3.63, 3.8) is 0 Å². The van der Waals surface area contributed by atoms with Crippen LogP contribution in [0.2, 0.25) is 0 Å². The first-order valence-electron chi connectivity index (χ1n) is 5.19. The SMILES string of the molecule is C=C(C(C)C)C1(N2C=N2)CCCC1. The van der Waals surface area contributed by atoms with Gasteiger partial charge >= 0.3 is 0 Å². The fourth-order valence-corrected chi connectivity index (χ4v) is 2.44. The van der Waals surface area contributed by atoms with E-state index in [1.54, 1.807) is 0 Å². The number of hydrazone groups is 1. The maximum atomic E-state index is 4.25. The van der Waals surface area contributed by atoms with Crippen molar-refractivity contribution in [2.75, 3.05) is 0 Å². The quantitative estimate of drug-likeness (QED) is 0.607. The predicted molar refractivity (Wildman–Crippen MR) is 55.5 cm³/mol. The number of hydrogen-bond donors (Lipinski definition) is 0. The van der Waals surface area contributed by atoms with Gasteiger partial charge < -0.3 is 0 Å². The molecule has 1 heterocycles. The van der Waals surface area contributed by atoms with Crippen molar-refractivity contribution in [3.8, 4) is 0 Å². The van der Waals surface area contributed by atoms with Crippen molar-refractivity contribution < 1.29 is 0 Å². The molecule has 1 fully saturated rings. The Morgan fingerprint density at radius 1 is 1.46 bits per heavy atom. The summed E-state index contributed by atoms with van der Waals surface area (Å²) in [5.41, 5.74) is 1.57. The Balaban J connectivity index is 2.17. The van der Waals surface area contributed by atoms with Gasteiger partial charge in [0, 0.05) is 0 Å². The lowest BCUT2D eigenvalue weighted by Crippen LogP contribution is -2.39. The number of hydrogen-bond acceptors (Lipinski definition) is 2. The highest BCUT2D eigenvalue weighted by molar-refractivity contribution is 5.68. The van der Waals surface area contributed by atoms with Gasteiger partial charge in [-0.05, 0) is 24.3 Å². The summed E-state index contributed by atoms with van der Waals surface area (Å²) in [7, 11) is 0. The Morgan fingerprint density at radius 3 is 2.38 bits per heavy atom. The third-order valence-corrected chi connectivity index (χ3v) is 3.39. The molecule has 0 unspecified atom stereocenters. The summed E-state index contributed by atoms with van der Waals surface area (Å²) in [4.78, 5) is 0. The normalized spacial score (nSPS) is 24.1. The third kappa shape index (κ3) is 1.28. The van der Waals surface area contributed by atoms with E-state index < -0.39 is 0 Å². The van der Waals surface area contributed by atoms with E-state index in [-0.39, 0.29) is 5.54 Å². The third-order valence-electron chi connectivity index (χ3n) is 3.39. The zero-order valence-electron chi connectivity index (χ0n) is 8.58. The van der Waals surface area contributed by atoms with Gasteiger partial charge in [-0.15, -0.1) is 0 Å². The van der Waals surface area contributed by atoms with Gasteiger partial charge in [0.1, 0.15) is 6.34 Å². The fourth-order valence-electron chi connectivity index (χ4n) is 2.44. The van der Waals surface area contributed by atoms with E-state index in [2.05, 4.69) is 30.5 Å². The van der Waals surface area contributed by atoms with Crippen LogP contribution in [0.5, 0.6) is 0 Å². The van der Waals surface area contributed by atoms with Crippen LogP contribution in [0, 0.1) is 5.92 Å². The smallest absolute Gasteiger partial charge is 0.133 e. The van der Waals surface area contributed by atoms with E-state index in [9.17, 15) is 0 Å². The van der Waals surface area contributed by atoms with Crippen LogP contribution in [0.4, 0.5) is 0 Å². The molecule has 2 heteroatoms. The van der Waals surface area contributed by atoms with Gasteiger partial charge in [-0.1, -0.05) is 33.3 Å². The maximum absolute atomic E-state index is 4.25. The van der Waals surface area contributed by atoms with Crippen molar-refractivity contribution in [1.82, 2.24) is 5.01 Å². The van der Waals surface area contributed by atoms with Crippen molar-refractivity contribution in [2.45, 2.75) is 45.1 Å². The summed E-state index contributed by atoms with van der Waals surface area (Å²) < 4.78 is 0. The highest BCUT2D eigenvalue weighted by atomic mass is 15.6. The van der Waals surface area contributed by atoms with Crippen LogP contribution in [0.1, 0.15) is 39.5 Å². The first-order valence-corrected chi connectivity index (χ1v) is 5.19. The molecule has 0 N–H and O–H groups in total. The second-order valence-corrected chi connectivity index (χ2v) is 4.49. The first-order chi connectivity index (χ1) is 6.17. The predicted octanol–water partition coefficient (Wildman–Crippen LogP) is 2.77. The summed E-state index contributed by atoms with van der Waals surface area (Å²) in [6, 6.07) is 0. The molecule has 1 aliphatic carbocycles. The van der Waals surface area contributed by atoms with Crippen LogP contribution >= 0.6 is 0 Å². The van der Waals surface area contributed by atoms with Crippen molar-refractivity contribution in [2.24, 2.45) is 11.0 Å². The standard InChI is InChI=1S/C11H18N2/c1-9(2)10(3)11(13-8-12-13)6-4-5-7-11/h8-9H,3-7H2,1-2H3. The molecule has 0 aromatic rings. The monoisotopic (exact) mass is 178 g/mol. The zero-order chi connectivity index (χ0) is 9.47. The zero-order valence-corrected chi connectivity index (χ0v) is 8.58. The number of nitrogens with zero attached hydrogens (tertiary/aromatic N) is 2. The van der Waals surface area contributed by atoms with Gasteiger partial charge in [0.15, 0.2) is 0 Å². The van der Waals surface area contributed by atoms with E-state index >= 15 is 0 Å². The minimum absolute atomic E-state index is 0.203. The molecular formula is C11H18N2. The summed E-state index contributed by atoms with van der Waals surface area (Å²) in [6.07, 6.45) is 7.07. The van der Waals surface area contributed by atoms with E-state index in [0.29, 0.717) is 5.92 Å². The van der Waals surface area contributed by atoms with Crippen molar-refractivity contribution in [3.05, 3.63) is 12.2 Å². The molecule has 1 aliphatic heterocycles. The van der Waals surface area contributed by atoms with Crippen LogP contribution < -0.4 is 0 Å². The highest BCUT2D eigenvalue weighted by Gasteiger charge is 2.45. The summed E-state index contributed by atoms with van der Waals surface area (Å²) in [6.45, 7) is 8.70. The minimum atomic E-state index is 0.203. The van der Waals surface area contributed by atoms with Gasteiger partial charge in [0.2, 0.25) is 0 Å². The molecule has 2 rings (SSSR count). The Bertz CT molecular complexity index is 241. The fraction of sp³-hybridized carbons (Fsp3) is 0.727. The second kappa shape index (κ2) is 2.86. The summed E-state index contributed by atoms with van der Waals surface area (Å²) >= 11 is 0. The van der Waals surface area contributed by atoms with Gasteiger partial charge in [-0.25, -0.2) is 5.01 Å². The molecule has 0 atom stereocenters. The summed E-state index contributed by atoms with van der Waals surface area (Å²) in [5.74, 6) is 0.572. The first kappa shape index (κ1) is 8.79. The summed E-state index contributed by atoms with van der Waals surface area (Å²) in [5, 5.41) is 6.33. The molecule has 0 spiro atoms. The lowest BCUT2D eigenvalue weighted by atomic mass is 9.82. The van der Waals surface area contributed by atoms with Gasteiger partial charge in [0.05, 0.1) is 5.54 Å². The average Bonchev–Trinajstić information content (AvgIpc) is 2.84. The molecule has 0 saturated heterocycles. The molecule has 0 bridgehead atoms. The average molecular weight is 178 g/mol. The van der Waals surface area contributed by atoms with Crippen LogP contribution in [0.15, 0.2) is 17.3 Å². The molecule has 72 valence electrons. The van der Waals surface area contributed by atoms with E-state index in [4.69, 9.17) is 0 Å². The van der Waals surface area contributed by atoms with Gasteiger partial charge in [0.25, 0.3) is 0 Å². The van der Waals surface area contributed by atoms with Gasteiger partial charge in [-0.3, -0.25) is 0 Å².